The Kier molecular flexibility index (Phi) is 5.02. The second-order valence-corrected chi connectivity index (χ2v) is 11.2. The average molecular weight is 502 g/mol. The summed E-state index contributed by atoms with van der Waals surface area (Å²) in [5.74, 6) is 0.942. The molecule has 0 fully saturated rings. The number of carbonyl (C=O) groups is 1. The highest BCUT2D eigenvalue weighted by atomic mass is 16.5. The minimum atomic E-state index is 0.0275. The minimum Gasteiger partial charge on any atom is -0.478 e. The smallest absolute Gasteiger partial charge is 0.274 e. The third kappa shape index (κ3) is 3.52. The van der Waals surface area contributed by atoms with E-state index in [1.165, 1.54) is 40.7 Å². The van der Waals surface area contributed by atoms with Gasteiger partial charge in [0.05, 0.1) is 5.69 Å². The topological polar surface area (TPSA) is 57.4 Å². The number of nitrogens with zero attached hydrogens (tertiary/aromatic N) is 1. The van der Waals surface area contributed by atoms with Crippen molar-refractivity contribution in [3.63, 3.8) is 0 Å². The van der Waals surface area contributed by atoms with E-state index in [9.17, 15) is 4.79 Å². The molecule has 1 unspecified atom stereocenters. The molecule has 2 aromatic carbocycles. The Labute approximate surface area is 222 Å². The Hall–Kier alpha value is -3.83. The zero-order valence-corrected chi connectivity index (χ0v) is 21.5. The molecule has 3 aromatic rings. The van der Waals surface area contributed by atoms with Crippen LogP contribution in [0.2, 0.25) is 0 Å². The van der Waals surface area contributed by atoms with E-state index >= 15 is 0 Å². The number of fused-ring (bicyclic) bond motifs is 3. The van der Waals surface area contributed by atoms with Gasteiger partial charge in [-0.15, -0.1) is 0 Å². The second kappa shape index (κ2) is 8.60. The van der Waals surface area contributed by atoms with Crippen molar-refractivity contribution in [1.82, 2.24) is 10.3 Å². The van der Waals surface area contributed by atoms with Crippen LogP contribution >= 0.6 is 0 Å². The highest BCUT2D eigenvalue weighted by Gasteiger charge is 2.34. The Morgan fingerprint density at radius 1 is 1.05 bits per heavy atom. The van der Waals surface area contributed by atoms with E-state index < -0.39 is 0 Å². The number of aryl methyl sites for hydroxylation is 1. The summed E-state index contributed by atoms with van der Waals surface area (Å²) in [6, 6.07) is 11.0. The fourth-order valence-electron chi connectivity index (χ4n) is 6.97. The number of aromatic amines is 1. The molecule has 38 heavy (non-hydrogen) atoms. The maximum Gasteiger partial charge on any atom is 0.274 e. The van der Waals surface area contributed by atoms with Gasteiger partial charge >= 0.3 is 0 Å². The predicted molar refractivity (Wildman–Crippen MR) is 152 cm³/mol. The van der Waals surface area contributed by atoms with Crippen LogP contribution in [0, 0.1) is 0 Å². The van der Waals surface area contributed by atoms with Gasteiger partial charge in [0, 0.05) is 35.1 Å². The molecule has 190 valence electrons. The van der Waals surface area contributed by atoms with E-state index in [4.69, 9.17) is 4.74 Å². The highest BCUT2D eigenvalue weighted by Crippen LogP contribution is 2.46. The lowest BCUT2D eigenvalue weighted by atomic mass is 9.87. The summed E-state index contributed by atoms with van der Waals surface area (Å²) >= 11 is 0. The lowest BCUT2D eigenvalue weighted by Gasteiger charge is -2.32. The maximum absolute atomic E-state index is 13.7. The zero-order chi connectivity index (χ0) is 25.2. The van der Waals surface area contributed by atoms with Gasteiger partial charge in [0.2, 0.25) is 0 Å². The van der Waals surface area contributed by atoms with Crippen LogP contribution in [0.4, 0.5) is 5.69 Å². The van der Waals surface area contributed by atoms with Gasteiger partial charge in [0.15, 0.2) is 0 Å². The standard InChI is InChI=1S/C33H31N3O2/c37-33(36-13-12-25-26-6-3-7-28-32(26)31(18-30(25)36)38-19-34-28)29-17-24-14-20(10-11-27(24)35-29)8-9-21-15-22-4-1-2-5-23(22)16-21/h1,3-4,6,10-11,14,16-18,28,34-35H,2,5,7-9,12-13,15,19H2. The van der Waals surface area contributed by atoms with Crippen LogP contribution in [0.15, 0.2) is 71.4 Å². The zero-order valence-electron chi connectivity index (χ0n) is 21.5. The summed E-state index contributed by atoms with van der Waals surface area (Å²) in [4.78, 5) is 19.1. The van der Waals surface area contributed by atoms with Gasteiger partial charge in [-0.2, -0.15) is 0 Å². The quantitative estimate of drug-likeness (QED) is 0.419. The first kappa shape index (κ1) is 22.2. The average Bonchev–Trinajstić information content (AvgIpc) is 3.68. The third-order valence-electron chi connectivity index (χ3n) is 8.90. The highest BCUT2D eigenvalue weighted by molar-refractivity contribution is 6.09. The normalized spacial score (nSPS) is 20.9. The molecule has 3 aliphatic carbocycles. The molecule has 1 amide bonds. The molecule has 1 atom stereocenters. The van der Waals surface area contributed by atoms with Crippen LogP contribution in [-0.2, 0) is 12.8 Å². The molecule has 0 spiro atoms. The maximum atomic E-state index is 13.7. The van der Waals surface area contributed by atoms with Crippen LogP contribution in [0.3, 0.4) is 0 Å². The van der Waals surface area contributed by atoms with Crippen molar-refractivity contribution in [2.45, 2.75) is 51.0 Å². The number of aromatic nitrogens is 1. The lowest BCUT2D eigenvalue weighted by molar-refractivity contribution is 0.0985. The second-order valence-electron chi connectivity index (χ2n) is 11.2. The molecule has 0 radical (unpaired) electrons. The van der Waals surface area contributed by atoms with Crippen LogP contribution in [0.25, 0.3) is 17.0 Å². The molecule has 8 rings (SSSR count). The van der Waals surface area contributed by atoms with Gasteiger partial charge in [-0.05, 0) is 91.0 Å². The molecule has 2 N–H and O–H groups in total. The number of hydrogen-bond acceptors (Lipinski definition) is 3. The number of carbonyl (C=O) groups excluding carboxylic acids is 1. The third-order valence-corrected chi connectivity index (χ3v) is 8.90. The first-order valence-corrected chi connectivity index (χ1v) is 14.0. The van der Waals surface area contributed by atoms with Crippen molar-refractivity contribution in [2.75, 3.05) is 18.2 Å². The Bertz CT molecular complexity index is 1630. The molecule has 0 bridgehead atoms. The number of ether oxygens (including phenoxy) is 1. The van der Waals surface area contributed by atoms with Crippen LogP contribution in [0.1, 0.15) is 70.9 Å². The number of allylic oxidation sites excluding steroid dienone is 6. The summed E-state index contributed by atoms with van der Waals surface area (Å²) in [7, 11) is 0. The summed E-state index contributed by atoms with van der Waals surface area (Å²) < 4.78 is 5.98. The molecule has 0 saturated carbocycles. The molecule has 1 aromatic heterocycles. The number of rotatable bonds is 4. The van der Waals surface area contributed by atoms with E-state index in [0.717, 1.165) is 54.4 Å². The number of benzene rings is 2. The minimum absolute atomic E-state index is 0.0275. The Morgan fingerprint density at radius 2 is 2.03 bits per heavy atom. The Balaban J connectivity index is 1.03. The predicted octanol–water partition coefficient (Wildman–Crippen LogP) is 6.68. The lowest BCUT2D eigenvalue weighted by Crippen LogP contribution is -2.33. The van der Waals surface area contributed by atoms with Crippen LogP contribution in [-0.4, -0.2) is 24.2 Å². The summed E-state index contributed by atoms with van der Waals surface area (Å²) in [5.41, 5.74) is 12.3. The fraction of sp³-hybridized carbons (Fsp3) is 0.303. The number of anilines is 1. The monoisotopic (exact) mass is 501 g/mol. The van der Waals surface area contributed by atoms with E-state index in [2.05, 4.69) is 64.9 Å². The molecule has 5 nitrogen and oxygen atoms in total. The molecule has 5 heteroatoms. The molecular weight excluding hydrogens is 470 g/mol. The molecule has 3 heterocycles. The van der Waals surface area contributed by atoms with Crippen LogP contribution in [0.5, 0.6) is 5.75 Å². The molecular formula is C33H31N3O2. The molecule has 0 saturated heterocycles. The van der Waals surface area contributed by atoms with Crippen molar-refractivity contribution < 1.29 is 9.53 Å². The Morgan fingerprint density at radius 3 is 2.97 bits per heavy atom. The van der Waals surface area contributed by atoms with Crippen molar-refractivity contribution in [3.8, 4) is 5.75 Å². The summed E-state index contributed by atoms with van der Waals surface area (Å²) in [6.45, 7) is 1.20. The van der Waals surface area contributed by atoms with E-state index in [1.54, 1.807) is 11.1 Å². The van der Waals surface area contributed by atoms with Crippen molar-refractivity contribution >= 4 is 28.6 Å². The van der Waals surface area contributed by atoms with Crippen molar-refractivity contribution in [2.24, 2.45) is 0 Å². The number of H-pyrrole nitrogens is 1. The molecule has 2 aliphatic heterocycles. The summed E-state index contributed by atoms with van der Waals surface area (Å²) in [6.07, 6.45) is 18.9. The van der Waals surface area contributed by atoms with Crippen molar-refractivity contribution in [3.05, 3.63) is 99.3 Å². The van der Waals surface area contributed by atoms with Crippen LogP contribution < -0.4 is 15.0 Å². The fourth-order valence-corrected chi connectivity index (χ4v) is 6.97. The van der Waals surface area contributed by atoms with Gasteiger partial charge in [-0.25, -0.2) is 0 Å². The first-order chi connectivity index (χ1) is 18.7. The number of nitrogens with one attached hydrogen (secondary N) is 2. The van der Waals surface area contributed by atoms with Gasteiger partial charge < -0.3 is 14.6 Å². The SMILES string of the molecule is O=C(c1cc2cc(CCC3=CC4=C(C=CCC4)C3)ccc2[nH]1)N1CCc2c1cc1c3c2C=CCC3NCO1. The van der Waals surface area contributed by atoms with Gasteiger partial charge in [0.1, 0.15) is 18.2 Å². The van der Waals surface area contributed by atoms with Gasteiger partial charge in [0.25, 0.3) is 5.91 Å². The summed E-state index contributed by atoms with van der Waals surface area (Å²) in [5, 5.41) is 4.56. The number of hydrogen-bond donors (Lipinski definition) is 2. The van der Waals surface area contributed by atoms with Gasteiger partial charge in [-0.3, -0.25) is 10.1 Å². The van der Waals surface area contributed by atoms with E-state index in [0.29, 0.717) is 25.0 Å². The first-order valence-electron chi connectivity index (χ1n) is 14.0. The van der Waals surface area contributed by atoms with E-state index in [1.807, 2.05) is 11.0 Å². The van der Waals surface area contributed by atoms with Gasteiger partial charge in [-0.1, -0.05) is 42.0 Å². The number of amides is 1. The largest absolute Gasteiger partial charge is 0.478 e. The molecule has 5 aliphatic rings. The van der Waals surface area contributed by atoms with Crippen molar-refractivity contribution in [1.29, 1.82) is 0 Å². The van der Waals surface area contributed by atoms with E-state index in [-0.39, 0.29) is 5.91 Å².